The first kappa shape index (κ1) is 29.6. The van der Waals surface area contributed by atoms with Crippen LogP contribution in [0.3, 0.4) is 0 Å². The Hall–Kier alpha value is -1.96. The fraction of sp³-hybridized carbons (Fsp3) is 0.812. The first-order chi connectivity index (χ1) is 16.9. The van der Waals surface area contributed by atoms with Crippen molar-refractivity contribution >= 4 is 17.5 Å². The van der Waals surface area contributed by atoms with Gasteiger partial charge in [-0.3, -0.25) is 14.4 Å². The van der Waals surface area contributed by atoms with Gasteiger partial charge in [-0.15, -0.1) is 0 Å². The topological polar surface area (TPSA) is 101 Å². The molecular weight excluding hydrogens is 460 g/mol. The molecule has 0 bridgehead atoms. The molecule has 0 unspecified atom stereocenters. The van der Waals surface area contributed by atoms with Gasteiger partial charge in [0.15, 0.2) is 5.78 Å². The van der Waals surface area contributed by atoms with E-state index < -0.39 is 10.8 Å². The first-order valence-electron chi connectivity index (χ1n) is 14.4. The second-order valence-electron chi connectivity index (χ2n) is 14.9. The maximum absolute atomic E-state index is 13.6. The highest BCUT2D eigenvalue weighted by Crippen LogP contribution is 2.66. The van der Waals surface area contributed by atoms with Crippen LogP contribution in [0, 0.1) is 56.2 Å². The maximum atomic E-state index is 13.6. The smallest absolute Gasteiger partial charge is 0.223 e. The Morgan fingerprint density at radius 1 is 0.973 bits per heavy atom. The van der Waals surface area contributed by atoms with Crippen molar-refractivity contribution in [2.75, 3.05) is 0 Å². The van der Waals surface area contributed by atoms with Gasteiger partial charge in [0.2, 0.25) is 5.91 Å². The molecule has 0 saturated heterocycles. The van der Waals surface area contributed by atoms with Gasteiger partial charge in [-0.05, 0) is 84.9 Å². The molecule has 0 spiro atoms. The lowest BCUT2D eigenvalue weighted by molar-refractivity contribution is -0.146. The second kappa shape index (κ2) is 9.97. The Bertz CT molecular complexity index is 1020. The van der Waals surface area contributed by atoms with Gasteiger partial charge in [0.25, 0.3) is 0 Å². The molecule has 37 heavy (non-hydrogen) atoms. The minimum absolute atomic E-state index is 0.0101. The fourth-order valence-electron chi connectivity index (χ4n) is 8.11. The second-order valence-corrected chi connectivity index (χ2v) is 14.9. The number of carbonyl (C=O) groups excluding carboxylic acids is 3. The van der Waals surface area contributed by atoms with Crippen LogP contribution in [0.15, 0.2) is 11.6 Å². The van der Waals surface area contributed by atoms with Crippen LogP contribution >= 0.6 is 0 Å². The minimum atomic E-state index is -0.568. The van der Waals surface area contributed by atoms with Crippen LogP contribution in [-0.2, 0) is 14.4 Å². The normalized spacial score (nSPS) is 40.8. The third kappa shape index (κ3) is 5.32. The number of nitrogens with zero attached hydrogens (tertiary/aromatic N) is 1. The molecule has 1 amide bonds. The van der Waals surface area contributed by atoms with Crippen molar-refractivity contribution in [3.05, 3.63) is 11.6 Å². The molecule has 5 nitrogen and oxygen atoms in total. The van der Waals surface area contributed by atoms with Crippen molar-refractivity contribution in [1.82, 2.24) is 0 Å². The van der Waals surface area contributed by atoms with Gasteiger partial charge in [0.05, 0.1) is 5.57 Å². The molecule has 0 radical (unpaired) electrons. The molecule has 0 heterocycles. The average Bonchev–Trinajstić information content (AvgIpc) is 2.80. The van der Waals surface area contributed by atoms with E-state index in [1.54, 1.807) is 0 Å². The predicted octanol–water partition coefficient (Wildman–Crippen LogP) is 6.94. The third-order valence-corrected chi connectivity index (χ3v) is 11.7. The zero-order valence-corrected chi connectivity index (χ0v) is 24.6. The maximum Gasteiger partial charge on any atom is 0.223 e. The Balaban J connectivity index is 2.12. The molecule has 3 aliphatic rings. The number of nitrogens with two attached hydrogens (primary N) is 1. The van der Waals surface area contributed by atoms with Gasteiger partial charge in [-0.25, -0.2) is 0 Å². The van der Waals surface area contributed by atoms with Gasteiger partial charge in [0.1, 0.15) is 11.9 Å². The van der Waals surface area contributed by atoms with E-state index in [-0.39, 0.29) is 51.3 Å². The number of amides is 1. The van der Waals surface area contributed by atoms with Crippen LogP contribution < -0.4 is 5.73 Å². The van der Waals surface area contributed by atoms with E-state index in [1.165, 1.54) is 0 Å². The number of Topliss-reactive ketones (excluding diaryl/α,β-unsaturated/α-hetero) is 2. The zero-order chi connectivity index (χ0) is 28.0. The van der Waals surface area contributed by atoms with Crippen LogP contribution in [0.1, 0.15) is 120 Å². The Kier molecular flexibility index (Phi) is 7.98. The summed E-state index contributed by atoms with van der Waals surface area (Å²) in [7, 11) is 0. The van der Waals surface area contributed by atoms with Crippen LogP contribution in [0.4, 0.5) is 0 Å². The molecule has 5 heteroatoms. The fourth-order valence-corrected chi connectivity index (χ4v) is 8.11. The van der Waals surface area contributed by atoms with Crippen molar-refractivity contribution in [3.63, 3.8) is 0 Å². The van der Waals surface area contributed by atoms with Crippen molar-refractivity contribution in [2.45, 2.75) is 120 Å². The predicted molar refractivity (Wildman–Crippen MR) is 147 cm³/mol. The van der Waals surface area contributed by atoms with E-state index in [0.717, 1.165) is 51.4 Å². The lowest BCUT2D eigenvalue weighted by Gasteiger charge is -2.62. The van der Waals surface area contributed by atoms with Crippen molar-refractivity contribution in [2.24, 2.45) is 50.6 Å². The Morgan fingerprint density at radius 2 is 1.59 bits per heavy atom. The van der Waals surface area contributed by atoms with Gasteiger partial charge >= 0.3 is 0 Å². The highest BCUT2D eigenvalue weighted by atomic mass is 16.1. The van der Waals surface area contributed by atoms with E-state index in [4.69, 9.17) is 5.73 Å². The molecule has 2 fully saturated rings. The van der Waals surface area contributed by atoms with Gasteiger partial charge in [0, 0.05) is 24.2 Å². The molecule has 2 saturated carbocycles. The van der Waals surface area contributed by atoms with E-state index in [2.05, 4.69) is 47.6 Å². The standard InChI is InChI=1S/C32H50N2O3/c1-21-24-11-13-32(8)25(31(24,7)19-22(20-33)26(21)36)18-23(35)10-9-12-28(2,3)14-16-30(6,27(34)37)17-15-29(32,4)5/h19,21,24-25H,9-18H2,1-8H3,(H2,34,37)/t21-,24-,25+,30-,31-,32+/m0/s1. The Morgan fingerprint density at radius 3 is 2.19 bits per heavy atom. The summed E-state index contributed by atoms with van der Waals surface area (Å²) in [4.78, 5) is 39.2. The molecule has 206 valence electrons. The van der Waals surface area contributed by atoms with Crippen molar-refractivity contribution in [3.8, 4) is 6.07 Å². The molecule has 0 aromatic rings. The summed E-state index contributed by atoms with van der Waals surface area (Å²) in [5, 5.41) is 9.82. The van der Waals surface area contributed by atoms with Gasteiger partial charge in [-0.1, -0.05) is 61.5 Å². The molecule has 3 rings (SSSR count). The van der Waals surface area contributed by atoms with Crippen LogP contribution in [-0.4, -0.2) is 17.5 Å². The highest BCUT2D eigenvalue weighted by molar-refractivity contribution is 6.01. The number of hydrogen-bond acceptors (Lipinski definition) is 4. The highest BCUT2D eigenvalue weighted by Gasteiger charge is 2.61. The summed E-state index contributed by atoms with van der Waals surface area (Å²) in [6.07, 6.45) is 9.76. The Labute approximate surface area is 225 Å². The van der Waals surface area contributed by atoms with Crippen LogP contribution in [0.2, 0.25) is 0 Å². The average molecular weight is 511 g/mol. The van der Waals surface area contributed by atoms with Crippen molar-refractivity contribution < 1.29 is 14.4 Å². The van der Waals surface area contributed by atoms with E-state index >= 15 is 0 Å². The summed E-state index contributed by atoms with van der Waals surface area (Å²) in [6.45, 7) is 17.6. The molecule has 3 aliphatic carbocycles. The molecule has 2 N–H and O–H groups in total. The lowest BCUT2D eigenvalue weighted by atomic mass is 9.41. The van der Waals surface area contributed by atoms with Crippen molar-refractivity contribution in [1.29, 1.82) is 5.26 Å². The quantitative estimate of drug-likeness (QED) is 0.413. The molecule has 0 aliphatic heterocycles. The lowest BCUT2D eigenvalue weighted by Crippen LogP contribution is -2.57. The summed E-state index contributed by atoms with van der Waals surface area (Å²) in [6, 6.07) is 2.17. The molecule has 0 aromatic carbocycles. The summed E-state index contributed by atoms with van der Waals surface area (Å²) < 4.78 is 0. The summed E-state index contributed by atoms with van der Waals surface area (Å²) in [5.74, 6) is -0.0810. The number of primary amides is 1. The van der Waals surface area contributed by atoms with Gasteiger partial charge in [-0.2, -0.15) is 5.26 Å². The van der Waals surface area contributed by atoms with E-state index in [1.807, 2.05) is 19.9 Å². The molecule has 6 atom stereocenters. The van der Waals surface area contributed by atoms with Gasteiger partial charge < -0.3 is 5.73 Å². The minimum Gasteiger partial charge on any atom is -0.369 e. The number of fused-ring (bicyclic) bond motifs is 3. The SMILES string of the molecule is C[C@@H]1C(=O)C(C#N)=C[C@]2(C)[C@H]3CC(=O)CCCC(C)(C)CC[C@](C)(C(N)=O)CCC(C)(C)[C@]3(C)CC[C@@H]12. The van der Waals surface area contributed by atoms with Crippen LogP contribution in [0.5, 0.6) is 0 Å². The summed E-state index contributed by atoms with van der Waals surface area (Å²) in [5.41, 5.74) is 4.94. The van der Waals surface area contributed by atoms with Crippen LogP contribution in [0.25, 0.3) is 0 Å². The summed E-state index contributed by atoms with van der Waals surface area (Å²) >= 11 is 0. The number of allylic oxidation sites excluding steroid dienone is 2. The number of ketones is 2. The largest absolute Gasteiger partial charge is 0.369 e. The third-order valence-electron chi connectivity index (χ3n) is 11.7. The first-order valence-corrected chi connectivity index (χ1v) is 14.4. The number of carbonyl (C=O) groups is 3. The number of nitriles is 1. The van der Waals surface area contributed by atoms with E-state index in [0.29, 0.717) is 18.6 Å². The number of hydrogen-bond donors (Lipinski definition) is 1. The van der Waals surface area contributed by atoms with E-state index in [9.17, 15) is 19.6 Å². The monoisotopic (exact) mass is 510 g/mol. The molecular formula is C32H50N2O3. The molecule has 0 aromatic heterocycles. The zero-order valence-electron chi connectivity index (χ0n) is 24.6. The number of rotatable bonds is 1.